The van der Waals surface area contributed by atoms with Crippen LogP contribution in [0.1, 0.15) is 136 Å². The number of rotatable bonds is 16. The molecule has 2 fully saturated rings. The van der Waals surface area contributed by atoms with E-state index in [4.69, 9.17) is 14.0 Å². The van der Waals surface area contributed by atoms with Crippen molar-refractivity contribution in [2.75, 3.05) is 6.61 Å². The lowest BCUT2D eigenvalue weighted by molar-refractivity contribution is 0.00578. The molecule has 1 aromatic rings. The summed E-state index contributed by atoms with van der Waals surface area (Å²) in [6, 6.07) is 0. The minimum Gasteiger partial charge on any atom is -0.478 e. The van der Waals surface area contributed by atoms with Gasteiger partial charge in [-0.1, -0.05) is 77.6 Å². The topological polar surface area (TPSA) is 53.5 Å². The Morgan fingerprint density at radius 3 is 1.85 bits per heavy atom. The van der Waals surface area contributed by atoms with Crippen molar-refractivity contribution in [3.8, 4) is 5.88 Å². The predicted octanol–water partition coefficient (Wildman–Crippen LogP) is 6.73. The second-order valence-corrected chi connectivity index (χ2v) is 11.1. The first kappa shape index (κ1) is 26.5. The predicted molar refractivity (Wildman–Crippen MR) is 136 cm³/mol. The van der Waals surface area contributed by atoms with E-state index < -0.39 is 7.12 Å². The molecule has 1 aliphatic carbocycles. The Hall–Kier alpha value is -1.14. The molecule has 6 heteroatoms. The maximum absolute atomic E-state index is 6.35. The minimum absolute atomic E-state index is 0.388. The molecule has 1 aromatic heterocycles. The van der Waals surface area contributed by atoms with Gasteiger partial charge in [-0.3, -0.25) is 0 Å². The Balaban J connectivity index is 1.40. The molecular weight excluding hydrogens is 411 g/mol. The molecule has 5 nitrogen and oxygen atoms in total. The maximum Gasteiger partial charge on any atom is 0.502 e. The lowest BCUT2D eigenvalue weighted by atomic mass is 9.77. The molecule has 2 aliphatic rings. The van der Waals surface area contributed by atoms with Crippen LogP contribution < -0.4 is 10.2 Å². The normalized spacial score (nSPS) is 19.2. The molecule has 1 saturated carbocycles. The first-order valence-electron chi connectivity index (χ1n) is 13.7. The lowest BCUT2D eigenvalue weighted by Gasteiger charge is -2.32. The Morgan fingerprint density at radius 2 is 1.33 bits per heavy atom. The van der Waals surface area contributed by atoms with Crippen molar-refractivity contribution in [3.05, 3.63) is 12.0 Å². The van der Waals surface area contributed by atoms with Crippen LogP contribution >= 0.6 is 0 Å². The molecule has 1 aliphatic heterocycles. The van der Waals surface area contributed by atoms with E-state index in [2.05, 4.69) is 44.6 Å². The first-order chi connectivity index (χ1) is 15.9. The van der Waals surface area contributed by atoms with Crippen molar-refractivity contribution in [1.82, 2.24) is 9.97 Å². The van der Waals surface area contributed by atoms with Crippen LogP contribution in [0.3, 0.4) is 0 Å². The number of ether oxygens (including phenoxy) is 1. The summed E-state index contributed by atoms with van der Waals surface area (Å²) in [4.78, 5) is 9.09. The van der Waals surface area contributed by atoms with Gasteiger partial charge in [0.05, 0.1) is 29.0 Å². The van der Waals surface area contributed by atoms with Crippen LogP contribution in [0.2, 0.25) is 0 Å². The van der Waals surface area contributed by atoms with Crippen LogP contribution in [0.5, 0.6) is 5.88 Å². The van der Waals surface area contributed by atoms with E-state index in [0.29, 0.717) is 18.4 Å². The van der Waals surface area contributed by atoms with E-state index in [-0.39, 0.29) is 11.2 Å². The smallest absolute Gasteiger partial charge is 0.478 e. The summed E-state index contributed by atoms with van der Waals surface area (Å²) < 4.78 is 18.9. The van der Waals surface area contributed by atoms with Crippen LogP contribution in [-0.4, -0.2) is 34.9 Å². The minimum atomic E-state index is -0.469. The van der Waals surface area contributed by atoms with E-state index >= 15 is 0 Å². The Bertz CT molecular complexity index is 705. The molecule has 0 aromatic carbocycles. The second kappa shape index (κ2) is 12.5. The van der Waals surface area contributed by atoms with Crippen LogP contribution in [0.25, 0.3) is 0 Å². The summed E-state index contributed by atoms with van der Waals surface area (Å²) in [5.74, 6) is 1.13. The van der Waals surface area contributed by atoms with Gasteiger partial charge in [0, 0.05) is 5.92 Å². The van der Waals surface area contributed by atoms with Crippen molar-refractivity contribution in [3.63, 3.8) is 0 Å². The Kier molecular flexibility index (Phi) is 10.1. The number of unbranched alkanes of at least 4 members (excludes halogenated alkanes) is 11. The van der Waals surface area contributed by atoms with Gasteiger partial charge in [0.25, 0.3) is 0 Å². The molecule has 1 saturated heterocycles. The molecule has 186 valence electrons. The van der Waals surface area contributed by atoms with E-state index in [0.717, 1.165) is 17.6 Å². The summed E-state index contributed by atoms with van der Waals surface area (Å²) in [7, 11) is -0.469. The lowest BCUT2D eigenvalue weighted by Crippen LogP contribution is -2.41. The fraction of sp³-hybridized carbons (Fsp3) is 0.852. The molecule has 3 rings (SSSR count). The summed E-state index contributed by atoms with van der Waals surface area (Å²) in [5, 5.41) is 0. The van der Waals surface area contributed by atoms with Crippen molar-refractivity contribution in [2.24, 2.45) is 0 Å². The average molecular weight is 458 g/mol. The third-order valence-corrected chi connectivity index (χ3v) is 7.57. The second-order valence-electron chi connectivity index (χ2n) is 11.1. The molecule has 0 atom stereocenters. The number of nitrogens with zero attached hydrogens (tertiary/aromatic N) is 2. The summed E-state index contributed by atoms with van der Waals surface area (Å²) in [6.45, 7) is 11.3. The molecule has 2 heterocycles. The SMILES string of the molecule is CCCCCCCCCCCCCCOc1ncnc(C2CC2)c1B1OC(C)(C)C(C)(C)O1. The molecular formula is C27H47BN2O3. The Morgan fingerprint density at radius 1 is 0.818 bits per heavy atom. The van der Waals surface area contributed by atoms with E-state index in [1.54, 1.807) is 6.33 Å². The van der Waals surface area contributed by atoms with Gasteiger partial charge in [-0.05, 0) is 47.0 Å². The van der Waals surface area contributed by atoms with E-state index in [1.165, 1.54) is 83.5 Å². The van der Waals surface area contributed by atoms with Gasteiger partial charge in [-0.15, -0.1) is 0 Å². The zero-order valence-electron chi connectivity index (χ0n) is 22.0. The van der Waals surface area contributed by atoms with Crippen molar-refractivity contribution < 1.29 is 14.0 Å². The molecule has 0 amide bonds. The van der Waals surface area contributed by atoms with Crippen molar-refractivity contribution in [1.29, 1.82) is 0 Å². The molecule has 33 heavy (non-hydrogen) atoms. The van der Waals surface area contributed by atoms with Gasteiger partial charge in [0.2, 0.25) is 5.88 Å². The molecule has 0 radical (unpaired) electrons. The summed E-state index contributed by atoms with van der Waals surface area (Å²) in [6.07, 6.45) is 20.0. The fourth-order valence-electron chi connectivity index (χ4n) is 4.48. The number of hydrogen-bond donors (Lipinski definition) is 0. The van der Waals surface area contributed by atoms with Crippen LogP contribution in [0.4, 0.5) is 0 Å². The summed E-state index contributed by atoms with van der Waals surface area (Å²) >= 11 is 0. The number of aromatic nitrogens is 2. The molecule has 0 unspecified atom stereocenters. The van der Waals surface area contributed by atoms with Crippen LogP contribution in [-0.2, 0) is 9.31 Å². The van der Waals surface area contributed by atoms with Crippen molar-refractivity contribution in [2.45, 2.75) is 142 Å². The monoisotopic (exact) mass is 458 g/mol. The van der Waals surface area contributed by atoms with E-state index in [1.807, 2.05) is 0 Å². The molecule has 0 bridgehead atoms. The fourth-order valence-corrected chi connectivity index (χ4v) is 4.48. The highest BCUT2D eigenvalue weighted by molar-refractivity contribution is 6.63. The van der Waals surface area contributed by atoms with Gasteiger partial charge >= 0.3 is 7.12 Å². The quantitative estimate of drug-likeness (QED) is 0.203. The third-order valence-electron chi connectivity index (χ3n) is 7.57. The highest BCUT2D eigenvalue weighted by atomic mass is 16.7. The maximum atomic E-state index is 6.35. The van der Waals surface area contributed by atoms with Crippen LogP contribution in [0, 0.1) is 0 Å². The summed E-state index contributed by atoms with van der Waals surface area (Å²) in [5.41, 5.74) is 1.19. The first-order valence-corrected chi connectivity index (χ1v) is 13.7. The standard InChI is InChI=1S/C27H47BN2O3/c1-6-7-8-9-10-11-12-13-14-15-16-17-20-31-25-23(24(22-18-19-22)29-21-30-25)28-32-26(2,3)27(4,5)33-28/h21-22H,6-20H2,1-5H3. The molecule has 0 spiro atoms. The van der Waals surface area contributed by atoms with Gasteiger partial charge < -0.3 is 14.0 Å². The van der Waals surface area contributed by atoms with E-state index in [9.17, 15) is 0 Å². The van der Waals surface area contributed by atoms with Gasteiger partial charge in [0.15, 0.2) is 0 Å². The third kappa shape index (κ3) is 7.68. The van der Waals surface area contributed by atoms with Gasteiger partial charge in [-0.25, -0.2) is 9.97 Å². The number of hydrogen-bond acceptors (Lipinski definition) is 5. The average Bonchev–Trinajstić information content (AvgIpc) is 3.58. The highest BCUT2D eigenvalue weighted by Gasteiger charge is 2.54. The Labute approximate surface area is 202 Å². The van der Waals surface area contributed by atoms with Crippen LogP contribution in [0.15, 0.2) is 6.33 Å². The molecule has 0 N–H and O–H groups in total. The highest BCUT2D eigenvalue weighted by Crippen LogP contribution is 2.41. The zero-order valence-corrected chi connectivity index (χ0v) is 22.0. The zero-order chi connectivity index (χ0) is 23.7. The van der Waals surface area contributed by atoms with Crippen molar-refractivity contribution >= 4 is 12.6 Å². The van der Waals surface area contributed by atoms with Gasteiger partial charge in [-0.2, -0.15) is 0 Å². The van der Waals surface area contributed by atoms with Gasteiger partial charge in [0.1, 0.15) is 6.33 Å². The largest absolute Gasteiger partial charge is 0.502 e.